The highest BCUT2D eigenvalue weighted by molar-refractivity contribution is 7.15. The number of benzene rings is 2. The van der Waals surface area contributed by atoms with Crippen molar-refractivity contribution in [3.63, 3.8) is 0 Å². The van der Waals surface area contributed by atoms with E-state index in [1.54, 1.807) is 34.8 Å². The zero-order valence-electron chi connectivity index (χ0n) is 17.6. The quantitative estimate of drug-likeness (QED) is 0.331. The fraction of sp³-hybridized carbons (Fsp3) is 0.250. The van der Waals surface area contributed by atoms with Crippen LogP contribution in [-0.2, 0) is 0 Å². The second-order valence-electron chi connectivity index (χ2n) is 7.10. The molecule has 0 unspecified atom stereocenters. The van der Waals surface area contributed by atoms with Gasteiger partial charge in [0, 0.05) is 0 Å². The average molecular weight is 425 g/mol. The molecule has 0 aliphatic heterocycles. The second-order valence-corrected chi connectivity index (χ2v) is 9.51. The van der Waals surface area contributed by atoms with Gasteiger partial charge in [-0.3, -0.25) is 0 Å². The smallest absolute Gasteiger partial charge is 0.123 e. The minimum atomic E-state index is -0.201. The van der Waals surface area contributed by atoms with E-state index in [4.69, 9.17) is 0 Å². The van der Waals surface area contributed by atoms with E-state index in [0.717, 1.165) is 31.8 Å². The minimum Gasteiger partial charge on any atom is -0.246 e. The van der Waals surface area contributed by atoms with Crippen LogP contribution in [0.25, 0.3) is 20.9 Å². The molecule has 0 N–H and O–H groups in total. The van der Waals surface area contributed by atoms with E-state index in [-0.39, 0.29) is 5.82 Å². The lowest BCUT2D eigenvalue weighted by atomic mass is 10.0. The Balaban J connectivity index is 0.000000166. The monoisotopic (exact) mass is 424 g/mol. The molecule has 2 nitrogen and oxygen atoms in total. The predicted octanol–water partition coefficient (Wildman–Crippen LogP) is 7.61. The molecule has 2 aromatic carbocycles. The van der Waals surface area contributed by atoms with Crippen molar-refractivity contribution >= 4 is 22.7 Å². The maximum atomic E-state index is 13.0. The molecule has 5 heteroatoms. The first-order valence-electron chi connectivity index (χ1n) is 9.46. The van der Waals surface area contributed by atoms with Crippen molar-refractivity contribution in [1.29, 1.82) is 0 Å². The molecule has 2 heterocycles. The maximum Gasteiger partial charge on any atom is 0.123 e. The van der Waals surface area contributed by atoms with Crippen LogP contribution in [0.1, 0.15) is 32.5 Å². The van der Waals surface area contributed by atoms with E-state index in [1.165, 1.54) is 27.6 Å². The van der Waals surface area contributed by atoms with Crippen LogP contribution in [0, 0.1) is 47.4 Å². The predicted molar refractivity (Wildman–Crippen MR) is 123 cm³/mol. The molecule has 0 spiro atoms. The van der Waals surface area contributed by atoms with Gasteiger partial charge >= 0.3 is 0 Å². The molecule has 29 heavy (non-hydrogen) atoms. The summed E-state index contributed by atoms with van der Waals surface area (Å²) in [4.78, 5) is 11.1. The van der Waals surface area contributed by atoms with Gasteiger partial charge in [-0.25, -0.2) is 14.4 Å². The molecule has 4 rings (SSSR count). The molecule has 2 aromatic heterocycles. The SMILES string of the molecule is Cc1nc(C)c(-c2ccc(C)c(C)c2)s1.Cc1nc(C)c(-c2cccc(F)c2)s1. The molecule has 0 saturated carbocycles. The van der Waals surface area contributed by atoms with Crippen molar-refractivity contribution in [3.8, 4) is 20.9 Å². The van der Waals surface area contributed by atoms with Crippen LogP contribution in [-0.4, -0.2) is 9.97 Å². The van der Waals surface area contributed by atoms with Crippen molar-refractivity contribution < 1.29 is 4.39 Å². The van der Waals surface area contributed by atoms with Crippen LogP contribution in [0.3, 0.4) is 0 Å². The molecule has 0 aliphatic rings. The Hall–Kier alpha value is -2.37. The van der Waals surface area contributed by atoms with Gasteiger partial charge < -0.3 is 0 Å². The van der Waals surface area contributed by atoms with Crippen molar-refractivity contribution in [2.45, 2.75) is 41.5 Å². The van der Waals surface area contributed by atoms with Gasteiger partial charge in [0.2, 0.25) is 0 Å². The highest BCUT2D eigenvalue weighted by atomic mass is 32.1. The van der Waals surface area contributed by atoms with Crippen LogP contribution in [0.5, 0.6) is 0 Å². The molecule has 0 atom stereocenters. The summed E-state index contributed by atoms with van der Waals surface area (Å²) in [5.41, 5.74) is 7.00. The Bertz CT molecular complexity index is 1140. The largest absolute Gasteiger partial charge is 0.246 e. The normalized spacial score (nSPS) is 10.6. The Labute approximate surface area is 180 Å². The first kappa shape index (κ1) is 21.3. The maximum absolute atomic E-state index is 13.0. The number of nitrogens with zero attached hydrogens (tertiary/aromatic N) is 2. The van der Waals surface area contributed by atoms with Crippen LogP contribution >= 0.6 is 22.7 Å². The van der Waals surface area contributed by atoms with Gasteiger partial charge in [0.05, 0.1) is 31.2 Å². The third-order valence-corrected chi connectivity index (χ3v) is 6.91. The number of hydrogen-bond donors (Lipinski definition) is 0. The number of thiazole rings is 2. The summed E-state index contributed by atoms with van der Waals surface area (Å²) in [6.45, 7) is 12.3. The van der Waals surface area contributed by atoms with Crippen LogP contribution in [0.4, 0.5) is 4.39 Å². The minimum absolute atomic E-state index is 0.201. The molecule has 0 aliphatic carbocycles. The zero-order valence-corrected chi connectivity index (χ0v) is 19.3. The molecule has 0 bridgehead atoms. The first-order chi connectivity index (χ1) is 13.7. The Morgan fingerprint density at radius 3 is 1.66 bits per heavy atom. The Kier molecular flexibility index (Phi) is 6.60. The molecule has 150 valence electrons. The summed E-state index contributed by atoms with van der Waals surface area (Å²) in [5.74, 6) is -0.201. The molecule has 4 aromatic rings. The fourth-order valence-corrected chi connectivity index (χ4v) is 4.94. The van der Waals surface area contributed by atoms with E-state index in [0.29, 0.717) is 0 Å². The van der Waals surface area contributed by atoms with Crippen LogP contribution in [0.15, 0.2) is 42.5 Å². The number of hydrogen-bond acceptors (Lipinski definition) is 4. The van der Waals surface area contributed by atoms with Crippen LogP contribution < -0.4 is 0 Å². The second kappa shape index (κ2) is 8.97. The number of aryl methyl sites for hydroxylation is 6. The van der Waals surface area contributed by atoms with Crippen molar-refractivity contribution in [1.82, 2.24) is 9.97 Å². The zero-order chi connectivity index (χ0) is 21.1. The van der Waals surface area contributed by atoms with Crippen LogP contribution in [0.2, 0.25) is 0 Å². The molecule has 0 saturated heterocycles. The molecular formula is C24H25FN2S2. The van der Waals surface area contributed by atoms with E-state index in [1.807, 2.05) is 19.9 Å². The highest BCUT2D eigenvalue weighted by Crippen LogP contribution is 2.31. The number of rotatable bonds is 2. The third-order valence-electron chi connectivity index (χ3n) is 4.66. The summed E-state index contributed by atoms with van der Waals surface area (Å²) in [6.07, 6.45) is 0. The van der Waals surface area contributed by atoms with Gasteiger partial charge in [0.1, 0.15) is 5.82 Å². The standard InChI is InChI=1S/C13H15NS.C11H10FNS/c1-8-5-6-12(7-9(8)2)13-10(3)14-11(4)15-13;1-7-11(14-8(2)13-7)9-4-3-5-10(12)6-9/h5-7H,1-4H3;3-6H,1-2H3. The number of halogens is 1. The van der Waals surface area contributed by atoms with E-state index >= 15 is 0 Å². The van der Waals surface area contributed by atoms with E-state index in [2.05, 4.69) is 55.9 Å². The lowest BCUT2D eigenvalue weighted by Crippen LogP contribution is -1.83. The topological polar surface area (TPSA) is 25.8 Å². The van der Waals surface area contributed by atoms with Gasteiger partial charge in [0.25, 0.3) is 0 Å². The molecular weight excluding hydrogens is 399 g/mol. The van der Waals surface area contributed by atoms with Gasteiger partial charge in [-0.05, 0) is 75.9 Å². The Morgan fingerprint density at radius 2 is 1.21 bits per heavy atom. The lowest BCUT2D eigenvalue weighted by Gasteiger charge is -2.03. The van der Waals surface area contributed by atoms with Gasteiger partial charge in [-0.1, -0.05) is 30.3 Å². The molecule has 0 radical (unpaired) electrons. The molecule has 0 amide bonds. The third kappa shape index (κ3) is 5.17. The summed E-state index contributed by atoms with van der Waals surface area (Å²) >= 11 is 3.37. The summed E-state index contributed by atoms with van der Waals surface area (Å²) in [5, 5.41) is 2.16. The summed E-state index contributed by atoms with van der Waals surface area (Å²) in [7, 11) is 0. The van der Waals surface area contributed by atoms with Gasteiger partial charge in [0.15, 0.2) is 0 Å². The van der Waals surface area contributed by atoms with Crippen molar-refractivity contribution in [2.24, 2.45) is 0 Å². The van der Waals surface area contributed by atoms with E-state index < -0.39 is 0 Å². The average Bonchev–Trinajstić information content (AvgIpc) is 3.18. The summed E-state index contributed by atoms with van der Waals surface area (Å²) < 4.78 is 13.0. The first-order valence-corrected chi connectivity index (χ1v) is 11.1. The van der Waals surface area contributed by atoms with Gasteiger partial charge in [-0.2, -0.15) is 0 Å². The summed E-state index contributed by atoms with van der Waals surface area (Å²) in [6, 6.07) is 13.2. The van der Waals surface area contributed by atoms with E-state index in [9.17, 15) is 4.39 Å². The van der Waals surface area contributed by atoms with Gasteiger partial charge in [-0.15, -0.1) is 22.7 Å². The van der Waals surface area contributed by atoms with Crippen molar-refractivity contribution in [2.75, 3.05) is 0 Å². The fourth-order valence-electron chi connectivity index (χ4n) is 3.11. The molecule has 0 fully saturated rings. The number of aromatic nitrogens is 2. The Morgan fingerprint density at radius 1 is 0.655 bits per heavy atom. The highest BCUT2D eigenvalue weighted by Gasteiger charge is 2.08. The van der Waals surface area contributed by atoms with Crippen molar-refractivity contribution in [3.05, 3.63) is 80.8 Å². The lowest BCUT2D eigenvalue weighted by molar-refractivity contribution is 0.628.